The first-order valence-electron chi connectivity index (χ1n) is 6.87. The van der Waals surface area contributed by atoms with Crippen molar-refractivity contribution in [1.82, 2.24) is 4.31 Å². The molecule has 116 valence electrons. The molecule has 0 spiro atoms. The quantitative estimate of drug-likeness (QED) is 0.669. The molecule has 0 aromatic heterocycles. The van der Waals surface area contributed by atoms with Gasteiger partial charge >= 0.3 is 0 Å². The van der Waals surface area contributed by atoms with E-state index in [0.717, 1.165) is 6.42 Å². The van der Waals surface area contributed by atoms with Crippen LogP contribution in [-0.2, 0) is 10.0 Å². The predicted octanol–water partition coefficient (Wildman–Crippen LogP) is 3.29. The van der Waals surface area contributed by atoms with Gasteiger partial charge in [-0.25, -0.2) is 8.42 Å². The lowest BCUT2D eigenvalue weighted by Crippen LogP contribution is -2.36. The van der Waals surface area contributed by atoms with E-state index in [1.54, 1.807) is 0 Å². The van der Waals surface area contributed by atoms with Crippen molar-refractivity contribution >= 4 is 27.3 Å². The summed E-state index contributed by atoms with van der Waals surface area (Å²) in [7, 11) is -3.52. The number of nitrogen functional groups attached to an aromatic ring is 1. The zero-order chi connectivity index (χ0) is 15.8. The number of anilines is 1. The van der Waals surface area contributed by atoms with Crippen LogP contribution in [0.2, 0.25) is 5.02 Å². The maximum atomic E-state index is 12.6. The summed E-state index contributed by atoms with van der Waals surface area (Å²) in [5.41, 5.74) is 7.38. The Bertz CT molecular complexity index is 675. The van der Waals surface area contributed by atoms with Crippen LogP contribution >= 0.6 is 11.6 Å². The Kier molecular flexibility index (Phi) is 4.38. The molecule has 1 aromatic rings. The predicted molar refractivity (Wildman–Crippen MR) is 86.8 cm³/mol. The summed E-state index contributed by atoms with van der Waals surface area (Å²) in [6.45, 7) is 7.32. The lowest BCUT2D eigenvalue weighted by Gasteiger charge is -2.31. The second kappa shape index (κ2) is 5.63. The van der Waals surface area contributed by atoms with Gasteiger partial charge in [0.15, 0.2) is 0 Å². The van der Waals surface area contributed by atoms with Crippen LogP contribution in [0.5, 0.6) is 0 Å². The molecular formula is C15H21ClN2O2S. The molecule has 0 saturated heterocycles. The SMILES string of the molecule is CC(C)(C)C1=CCN(S(=O)(=O)c2ccc(N)c(Cl)c2)CC1. The van der Waals surface area contributed by atoms with Crippen LogP contribution in [0.1, 0.15) is 27.2 Å². The summed E-state index contributed by atoms with van der Waals surface area (Å²) in [5, 5.41) is 0.263. The van der Waals surface area contributed by atoms with E-state index in [4.69, 9.17) is 17.3 Å². The van der Waals surface area contributed by atoms with E-state index < -0.39 is 10.0 Å². The number of nitrogens with two attached hydrogens (primary N) is 1. The van der Waals surface area contributed by atoms with Crippen LogP contribution in [0.4, 0.5) is 5.69 Å². The van der Waals surface area contributed by atoms with E-state index in [-0.39, 0.29) is 15.3 Å². The average Bonchev–Trinajstić information content (AvgIpc) is 2.41. The van der Waals surface area contributed by atoms with E-state index in [1.165, 1.54) is 28.1 Å². The number of sulfonamides is 1. The van der Waals surface area contributed by atoms with Gasteiger partial charge in [-0.1, -0.05) is 44.0 Å². The fraction of sp³-hybridized carbons (Fsp3) is 0.467. The maximum Gasteiger partial charge on any atom is 0.243 e. The first-order chi connectivity index (χ1) is 9.62. The molecule has 1 aromatic carbocycles. The molecule has 21 heavy (non-hydrogen) atoms. The summed E-state index contributed by atoms with van der Waals surface area (Å²) in [4.78, 5) is 0.189. The number of halogens is 1. The molecular weight excluding hydrogens is 308 g/mol. The minimum Gasteiger partial charge on any atom is -0.398 e. The van der Waals surface area contributed by atoms with Crippen molar-refractivity contribution in [2.75, 3.05) is 18.8 Å². The van der Waals surface area contributed by atoms with Gasteiger partial charge in [-0.05, 0) is 30.0 Å². The van der Waals surface area contributed by atoms with Crippen molar-refractivity contribution in [3.63, 3.8) is 0 Å². The van der Waals surface area contributed by atoms with E-state index in [0.29, 0.717) is 18.8 Å². The van der Waals surface area contributed by atoms with E-state index in [2.05, 4.69) is 20.8 Å². The van der Waals surface area contributed by atoms with Crippen LogP contribution < -0.4 is 5.73 Å². The lowest BCUT2D eigenvalue weighted by molar-refractivity contribution is 0.389. The van der Waals surface area contributed by atoms with Crippen molar-refractivity contribution in [2.45, 2.75) is 32.1 Å². The first-order valence-corrected chi connectivity index (χ1v) is 8.69. The topological polar surface area (TPSA) is 63.4 Å². The third-order valence-corrected chi connectivity index (χ3v) is 5.93. The number of hydrogen-bond donors (Lipinski definition) is 1. The van der Waals surface area contributed by atoms with Crippen LogP contribution in [0.25, 0.3) is 0 Å². The van der Waals surface area contributed by atoms with Crippen molar-refractivity contribution in [3.05, 3.63) is 34.9 Å². The van der Waals surface area contributed by atoms with Crippen molar-refractivity contribution < 1.29 is 8.42 Å². The van der Waals surface area contributed by atoms with Gasteiger partial charge in [0.1, 0.15) is 0 Å². The second-order valence-corrected chi connectivity index (χ2v) is 8.62. The fourth-order valence-electron chi connectivity index (χ4n) is 2.37. The van der Waals surface area contributed by atoms with E-state index >= 15 is 0 Å². The highest BCUT2D eigenvalue weighted by Gasteiger charge is 2.29. The Morgan fingerprint density at radius 1 is 1.29 bits per heavy atom. The molecule has 1 heterocycles. The number of rotatable bonds is 2. The lowest BCUT2D eigenvalue weighted by atomic mass is 9.83. The Hall–Kier alpha value is -1.04. The van der Waals surface area contributed by atoms with Crippen LogP contribution in [0, 0.1) is 5.41 Å². The smallest absolute Gasteiger partial charge is 0.243 e. The summed E-state index contributed by atoms with van der Waals surface area (Å²) in [6, 6.07) is 4.43. The van der Waals surface area contributed by atoms with Gasteiger partial charge in [-0.15, -0.1) is 0 Å². The molecule has 0 amide bonds. The van der Waals surface area contributed by atoms with Gasteiger partial charge in [-0.3, -0.25) is 0 Å². The number of hydrogen-bond acceptors (Lipinski definition) is 3. The zero-order valence-electron chi connectivity index (χ0n) is 12.6. The average molecular weight is 329 g/mol. The third kappa shape index (κ3) is 3.42. The normalized spacial score (nSPS) is 17.6. The zero-order valence-corrected chi connectivity index (χ0v) is 14.1. The molecule has 1 aliphatic heterocycles. The van der Waals surface area contributed by atoms with Gasteiger partial charge in [0.25, 0.3) is 0 Å². The van der Waals surface area contributed by atoms with Crippen molar-refractivity contribution in [3.8, 4) is 0 Å². The molecule has 0 unspecified atom stereocenters. The summed E-state index contributed by atoms with van der Waals surface area (Å²) in [6.07, 6.45) is 2.77. The molecule has 0 fully saturated rings. The minimum atomic E-state index is -3.52. The summed E-state index contributed by atoms with van der Waals surface area (Å²) < 4.78 is 26.7. The van der Waals surface area contributed by atoms with E-state index in [9.17, 15) is 8.42 Å². The highest BCUT2D eigenvalue weighted by Crippen LogP contribution is 2.32. The van der Waals surface area contributed by atoms with Crippen LogP contribution in [0.3, 0.4) is 0 Å². The van der Waals surface area contributed by atoms with Gasteiger partial charge in [0.2, 0.25) is 10.0 Å². The Labute approximate surface area is 131 Å². The van der Waals surface area contributed by atoms with E-state index in [1.807, 2.05) is 6.08 Å². The van der Waals surface area contributed by atoms with Crippen LogP contribution in [0.15, 0.2) is 34.7 Å². The van der Waals surface area contributed by atoms with Crippen molar-refractivity contribution in [2.24, 2.45) is 5.41 Å². The molecule has 2 rings (SSSR count). The molecule has 4 nitrogen and oxygen atoms in total. The molecule has 0 bridgehead atoms. The molecule has 0 aliphatic carbocycles. The molecule has 0 atom stereocenters. The summed E-state index contributed by atoms with van der Waals surface area (Å²) in [5.74, 6) is 0. The molecule has 6 heteroatoms. The summed E-state index contributed by atoms with van der Waals surface area (Å²) >= 11 is 5.92. The third-order valence-electron chi connectivity index (χ3n) is 3.74. The molecule has 2 N–H and O–H groups in total. The van der Waals surface area contributed by atoms with Gasteiger partial charge in [0, 0.05) is 13.1 Å². The van der Waals surface area contributed by atoms with Gasteiger partial charge in [0.05, 0.1) is 15.6 Å². The monoisotopic (exact) mass is 328 g/mol. The van der Waals surface area contributed by atoms with Crippen LogP contribution in [-0.4, -0.2) is 25.8 Å². The minimum absolute atomic E-state index is 0.0837. The second-order valence-electron chi connectivity index (χ2n) is 6.28. The maximum absolute atomic E-state index is 12.6. The highest BCUT2D eigenvalue weighted by molar-refractivity contribution is 7.89. The standard InChI is InChI=1S/C15H21ClN2O2S/c1-15(2,3)11-6-8-18(9-7-11)21(19,20)12-4-5-14(17)13(16)10-12/h4-6,10H,7-9,17H2,1-3H3. The Morgan fingerprint density at radius 3 is 2.43 bits per heavy atom. The first kappa shape index (κ1) is 16.3. The number of benzene rings is 1. The van der Waals surface area contributed by atoms with Crippen molar-refractivity contribution in [1.29, 1.82) is 0 Å². The van der Waals surface area contributed by atoms with Gasteiger partial charge in [-0.2, -0.15) is 4.31 Å². The largest absolute Gasteiger partial charge is 0.398 e. The molecule has 1 aliphatic rings. The highest BCUT2D eigenvalue weighted by atomic mass is 35.5. The Balaban J connectivity index is 2.26. The molecule has 0 saturated carbocycles. The molecule has 0 radical (unpaired) electrons. The van der Waals surface area contributed by atoms with Gasteiger partial charge < -0.3 is 5.73 Å². The Morgan fingerprint density at radius 2 is 1.95 bits per heavy atom. The fourth-order valence-corrected chi connectivity index (χ4v) is 4.02. The number of nitrogens with zero attached hydrogens (tertiary/aromatic N) is 1.